The number of hydrogen-bond acceptors (Lipinski definition) is 6. The number of benzene rings is 1. The molecule has 3 aromatic heterocycles. The highest BCUT2D eigenvalue weighted by atomic mass is 19.4. The molecule has 0 fully saturated rings. The first kappa shape index (κ1) is 23.1. The number of hydrogen-bond donors (Lipinski definition) is 3. The van der Waals surface area contributed by atoms with Crippen LogP contribution in [-0.2, 0) is 0 Å². The van der Waals surface area contributed by atoms with Crippen LogP contribution in [0.3, 0.4) is 0 Å². The van der Waals surface area contributed by atoms with Crippen molar-refractivity contribution in [2.45, 2.75) is 19.2 Å². The Morgan fingerprint density at radius 2 is 1.82 bits per heavy atom. The van der Waals surface area contributed by atoms with Crippen LogP contribution >= 0.6 is 0 Å². The van der Waals surface area contributed by atoms with E-state index in [0.717, 1.165) is 46.1 Å². The monoisotopic (exact) mass is 467 g/mol. The number of aliphatic hydroxyl groups excluding tert-OH is 1. The Labute approximate surface area is 192 Å². The second-order valence-corrected chi connectivity index (χ2v) is 7.67. The van der Waals surface area contributed by atoms with Gasteiger partial charge in [-0.2, -0.15) is 13.2 Å². The number of amides is 1. The number of aliphatic hydroxyl groups is 1. The van der Waals surface area contributed by atoms with Crippen molar-refractivity contribution in [2.24, 2.45) is 0 Å². The number of fused-ring (bicyclic) bond motifs is 1. The first-order valence-electron chi connectivity index (χ1n) is 10.2. The van der Waals surface area contributed by atoms with Gasteiger partial charge in [0.15, 0.2) is 6.10 Å². The van der Waals surface area contributed by atoms with Crippen molar-refractivity contribution in [3.63, 3.8) is 0 Å². The van der Waals surface area contributed by atoms with Crippen LogP contribution in [0.5, 0.6) is 0 Å². The number of nitrogens with one attached hydrogen (secondary N) is 2. The summed E-state index contributed by atoms with van der Waals surface area (Å²) in [5.41, 5.74) is 3.18. The Kier molecular flexibility index (Phi) is 6.16. The summed E-state index contributed by atoms with van der Waals surface area (Å²) in [5.74, 6) is 0.0499. The Morgan fingerprint density at radius 3 is 2.56 bits per heavy atom. The van der Waals surface area contributed by atoms with Gasteiger partial charge >= 0.3 is 6.18 Å². The fourth-order valence-electron chi connectivity index (χ4n) is 3.44. The predicted octanol–water partition coefficient (Wildman–Crippen LogP) is 4.89. The quantitative estimate of drug-likeness (QED) is 0.387. The lowest BCUT2D eigenvalue weighted by atomic mass is 10.00. The van der Waals surface area contributed by atoms with Gasteiger partial charge in [0.2, 0.25) is 0 Å². The highest BCUT2D eigenvalue weighted by Crippen LogP contribution is 2.32. The lowest BCUT2D eigenvalue weighted by Crippen LogP contribution is -2.21. The summed E-state index contributed by atoms with van der Waals surface area (Å²) in [6.45, 7) is 1.92. The van der Waals surface area contributed by atoms with Gasteiger partial charge < -0.3 is 15.7 Å². The number of anilines is 2. The molecular formula is C24H20F3N5O2. The van der Waals surface area contributed by atoms with Crippen molar-refractivity contribution in [1.29, 1.82) is 0 Å². The number of alkyl halides is 3. The third kappa shape index (κ3) is 4.81. The Morgan fingerprint density at radius 1 is 1.03 bits per heavy atom. The standard InChI is InChI=1S/C24H20F3N5O2/c1-13-3-4-18(32-23(34)17-6-16(9-29-10-17)22(33)24(25,26)27)7-19(13)14-5-15-12-31-21(28-2)8-20(15)30-11-14/h3-12,22,33H,1-2H3,(H,28,31)(H,32,34)/t22-/m1/s1. The maximum absolute atomic E-state index is 12.8. The van der Waals surface area contributed by atoms with E-state index in [9.17, 15) is 23.1 Å². The van der Waals surface area contributed by atoms with Crippen LogP contribution in [0.25, 0.3) is 22.0 Å². The molecule has 3 N–H and O–H groups in total. The van der Waals surface area contributed by atoms with Crippen LogP contribution in [0.15, 0.2) is 61.2 Å². The number of carbonyl (C=O) groups is 1. The summed E-state index contributed by atoms with van der Waals surface area (Å²) in [7, 11) is 1.77. The third-order valence-electron chi connectivity index (χ3n) is 5.28. The second-order valence-electron chi connectivity index (χ2n) is 7.67. The molecule has 7 nitrogen and oxygen atoms in total. The van der Waals surface area contributed by atoms with Gasteiger partial charge in [0, 0.05) is 60.1 Å². The molecule has 4 aromatic rings. The van der Waals surface area contributed by atoms with Gasteiger partial charge in [-0.1, -0.05) is 6.07 Å². The van der Waals surface area contributed by atoms with Gasteiger partial charge in [0.1, 0.15) is 5.82 Å². The molecule has 0 aliphatic rings. The highest BCUT2D eigenvalue weighted by Gasteiger charge is 2.39. The number of pyridine rings is 3. The van der Waals surface area contributed by atoms with E-state index in [-0.39, 0.29) is 5.56 Å². The molecule has 0 unspecified atom stereocenters. The van der Waals surface area contributed by atoms with E-state index in [4.69, 9.17) is 0 Å². The fourth-order valence-corrected chi connectivity index (χ4v) is 3.44. The van der Waals surface area contributed by atoms with Crippen LogP contribution in [0.2, 0.25) is 0 Å². The van der Waals surface area contributed by atoms with Crippen LogP contribution in [0.1, 0.15) is 27.6 Å². The van der Waals surface area contributed by atoms with Crippen molar-refractivity contribution in [3.05, 3.63) is 77.9 Å². The van der Waals surface area contributed by atoms with Gasteiger partial charge in [-0.3, -0.25) is 14.8 Å². The molecule has 34 heavy (non-hydrogen) atoms. The van der Waals surface area contributed by atoms with Crippen molar-refractivity contribution in [1.82, 2.24) is 15.0 Å². The number of aromatic nitrogens is 3. The molecule has 3 heterocycles. The summed E-state index contributed by atoms with van der Waals surface area (Å²) in [5, 5.41) is 15.9. The minimum atomic E-state index is -4.86. The van der Waals surface area contributed by atoms with Crippen molar-refractivity contribution in [2.75, 3.05) is 17.7 Å². The average molecular weight is 467 g/mol. The molecule has 174 valence electrons. The van der Waals surface area contributed by atoms with Crippen molar-refractivity contribution in [3.8, 4) is 11.1 Å². The second kappa shape index (κ2) is 9.06. The molecular weight excluding hydrogens is 447 g/mol. The van der Waals surface area contributed by atoms with Crippen LogP contribution in [0, 0.1) is 6.92 Å². The zero-order valence-corrected chi connectivity index (χ0v) is 18.2. The minimum absolute atomic E-state index is 0.110. The van der Waals surface area contributed by atoms with E-state index in [1.165, 1.54) is 0 Å². The molecule has 0 aliphatic carbocycles. The van der Waals surface area contributed by atoms with E-state index < -0.39 is 23.8 Å². The van der Waals surface area contributed by atoms with Crippen molar-refractivity contribution < 1.29 is 23.1 Å². The molecule has 1 aromatic carbocycles. The smallest absolute Gasteiger partial charge is 0.379 e. The predicted molar refractivity (Wildman–Crippen MR) is 122 cm³/mol. The van der Waals surface area contributed by atoms with Gasteiger partial charge in [0.05, 0.1) is 11.1 Å². The maximum atomic E-state index is 12.8. The van der Waals surface area contributed by atoms with E-state index >= 15 is 0 Å². The number of rotatable bonds is 5. The van der Waals surface area contributed by atoms with Gasteiger partial charge in [0.25, 0.3) is 5.91 Å². The normalized spacial score (nSPS) is 12.4. The van der Waals surface area contributed by atoms with E-state index in [0.29, 0.717) is 11.5 Å². The Bertz CT molecular complexity index is 1370. The molecule has 4 rings (SSSR count). The molecule has 0 saturated heterocycles. The summed E-state index contributed by atoms with van der Waals surface area (Å²) in [6.07, 6.45) is -2.13. The highest BCUT2D eigenvalue weighted by molar-refractivity contribution is 6.04. The molecule has 0 radical (unpaired) electrons. The molecule has 0 spiro atoms. The van der Waals surface area contributed by atoms with E-state index in [1.54, 1.807) is 31.6 Å². The van der Waals surface area contributed by atoms with Crippen LogP contribution < -0.4 is 10.6 Å². The third-order valence-corrected chi connectivity index (χ3v) is 5.28. The van der Waals surface area contributed by atoms with E-state index in [2.05, 4.69) is 25.6 Å². The Balaban J connectivity index is 1.61. The fraction of sp³-hybridized carbons (Fsp3) is 0.167. The Hall–Kier alpha value is -4.05. The minimum Gasteiger partial charge on any atom is -0.379 e. The summed E-state index contributed by atoms with van der Waals surface area (Å²) in [4.78, 5) is 25.1. The molecule has 1 atom stereocenters. The zero-order valence-electron chi connectivity index (χ0n) is 18.2. The number of nitrogens with zero attached hydrogens (tertiary/aromatic N) is 3. The summed E-state index contributed by atoms with van der Waals surface area (Å²) in [6, 6.07) is 10.0. The van der Waals surface area contributed by atoms with Gasteiger partial charge in [-0.15, -0.1) is 0 Å². The largest absolute Gasteiger partial charge is 0.418 e. The summed E-state index contributed by atoms with van der Waals surface area (Å²) < 4.78 is 38.4. The summed E-state index contributed by atoms with van der Waals surface area (Å²) >= 11 is 0. The molecule has 10 heteroatoms. The maximum Gasteiger partial charge on any atom is 0.418 e. The number of aryl methyl sites for hydroxylation is 1. The molecule has 1 amide bonds. The number of carbonyl (C=O) groups excluding carboxylic acids is 1. The van der Waals surface area contributed by atoms with Crippen LogP contribution in [-0.4, -0.2) is 39.2 Å². The SMILES string of the molecule is CNc1cc2ncc(-c3cc(NC(=O)c4cncc([C@@H](O)C(F)(F)F)c4)ccc3C)cc2cn1. The molecule has 0 bridgehead atoms. The van der Waals surface area contributed by atoms with Crippen LogP contribution in [0.4, 0.5) is 24.7 Å². The molecule has 0 aliphatic heterocycles. The van der Waals surface area contributed by atoms with Gasteiger partial charge in [-0.05, 0) is 42.3 Å². The zero-order chi connectivity index (χ0) is 24.5. The average Bonchev–Trinajstić information content (AvgIpc) is 2.83. The lowest BCUT2D eigenvalue weighted by molar-refractivity contribution is -0.206. The first-order chi connectivity index (χ1) is 16.2. The topological polar surface area (TPSA) is 100 Å². The lowest BCUT2D eigenvalue weighted by Gasteiger charge is -2.15. The van der Waals surface area contributed by atoms with Gasteiger partial charge in [-0.25, -0.2) is 4.98 Å². The number of halogens is 3. The molecule has 0 saturated carbocycles. The van der Waals surface area contributed by atoms with E-state index in [1.807, 2.05) is 25.1 Å². The van der Waals surface area contributed by atoms with Crippen molar-refractivity contribution >= 4 is 28.3 Å². The first-order valence-corrected chi connectivity index (χ1v) is 10.2.